The van der Waals surface area contributed by atoms with Gasteiger partial charge in [-0.15, -0.1) is 0 Å². The van der Waals surface area contributed by atoms with Crippen molar-refractivity contribution in [2.24, 2.45) is 5.73 Å². The first-order chi connectivity index (χ1) is 8.88. The summed E-state index contributed by atoms with van der Waals surface area (Å²) in [7, 11) is -1.81. The van der Waals surface area contributed by atoms with Gasteiger partial charge in [-0.2, -0.15) is 4.31 Å². The Labute approximate surface area is 116 Å². The minimum atomic E-state index is -3.45. The van der Waals surface area contributed by atoms with Crippen molar-refractivity contribution in [1.29, 1.82) is 0 Å². The van der Waals surface area contributed by atoms with Crippen molar-refractivity contribution in [2.75, 3.05) is 7.05 Å². The molecule has 0 aliphatic heterocycles. The Morgan fingerprint density at radius 2 is 1.95 bits per heavy atom. The van der Waals surface area contributed by atoms with Crippen LogP contribution in [0.3, 0.4) is 0 Å². The molecule has 1 unspecified atom stereocenters. The highest BCUT2D eigenvalue weighted by Crippen LogP contribution is 2.23. The Balaban J connectivity index is 3.34. The minimum Gasteiger partial charge on any atom is -0.326 e. The molecular weight excluding hydrogens is 260 g/mol. The number of hydrogen-bond acceptors (Lipinski definition) is 3. The number of hydrogen-bond donors (Lipinski definition) is 1. The lowest BCUT2D eigenvalue weighted by Crippen LogP contribution is -2.35. The summed E-state index contributed by atoms with van der Waals surface area (Å²) in [5.41, 5.74) is 7.29. The maximum atomic E-state index is 12.7. The van der Waals surface area contributed by atoms with Gasteiger partial charge in [0, 0.05) is 19.6 Å². The van der Waals surface area contributed by atoms with E-state index in [0.29, 0.717) is 17.9 Å². The topological polar surface area (TPSA) is 63.4 Å². The summed E-state index contributed by atoms with van der Waals surface area (Å²) in [5, 5.41) is 0. The number of benzene rings is 1. The third-order valence-electron chi connectivity index (χ3n) is 3.62. The van der Waals surface area contributed by atoms with Crippen molar-refractivity contribution in [3.05, 3.63) is 29.3 Å². The highest BCUT2D eigenvalue weighted by molar-refractivity contribution is 7.89. The molecule has 1 aromatic rings. The van der Waals surface area contributed by atoms with Gasteiger partial charge in [-0.1, -0.05) is 26.0 Å². The summed E-state index contributed by atoms with van der Waals surface area (Å²) in [4.78, 5) is 0.390. The summed E-state index contributed by atoms with van der Waals surface area (Å²) in [5.74, 6) is 0. The molecule has 0 radical (unpaired) electrons. The SMILES string of the molecule is CCc1ccc(CN)cc1S(=O)(=O)N(C)C(C)CC. The van der Waals surface area contributed by atoms with E-state index in [4.69, 9.17) is 5.73 Å². The second-order valence-corrected chi connectivity index (χ2v) is 6.74. The molecule has 1 atom stereocenters. The molecule has 0 saturated heterocycles. The van der Waals surface area contributed by atoms with Crippen LogP contribution in [0, 0.1) is 0 Å². The molecular formula is C14H24N2O2S. The molecule has 1 rings (SSSR count). The van der Waals surface area contributed by atoms with Gasteiger partial charge in [0.2, 0.25) is 10.0 Å². The first-order valence-electron chi connectivity index (χ1n) is 6.68. The van der Waals surface area contributed by atoms with Crippen molar-refractivity contribution in [1.82, 2.24) is 4.31 Å². The smallest absolute Gasteiger partial charge is 0.243 e. The van der Waals surface area contributed by atoms with Crippen LogP contribution in [0.5, 0.6) is 0 Å². The number of aryl methyl sites for hydroxylation is 1. The van der Waals surface area contributed by atoms with Crippen molar-refractivity contribution < 1.29 is 8.42 Å². The van der Waals surface area contributed by atoms with E-state index in [1.165, 1.54) is 4.31 Å². The van der Waals surface area contributed by atoms with Gasteiger partial charge in [-0.3, -0.25) is 0 Å². The fraction of sp³-hybridized carbons (Fsp3) is 0.571. The summed E-state index contributed by atoms with van der Waals surface area (Å²) in [6.45, 7) is 6.20. The van der Waals surface area contributed by atoms with Crippen LogP contribution < -0.4 is 5.73 Å². The maximum Gasteiger partial charge on any atom is 0.243 e. The Kier molecular flexibility index (Phi) is 5.52. The third-order valence-corrected chi connectivity index (χ3v) is 5.67. The Morgan fingerprint density at radius 3 is 2.42 bits per heavy atom. The standard InChI is InChI=1S/C14H24N2O2S/c1-5-11(3)16(4)19(17,18)14-9-12(10-15)7-8-13(14)6-2/h7-9,11H,5-6,10,15H2,1-4H3. The molecule has 2 N–H and O–H groups in total. The van der Waals surface area contributed by atoms with Crippen LogP contribution in [0.25, 0.3) is 0 Å². The molecule has 0 saturated carbocycles. The Bertz CT molecular complexity index is 526. The monoisotopic (exact) mass is 284 g/mol. The lowest BCUT2D eigenvalue weighted by molar-refractivity contribution is 0.380. The van der Waals surface area contributed by atoms with Gasteiger partial charge < -0.3 is 5.73 Å². The lowest BCUT2D eigenvalue weighted by Gasteiger charge is -2.24. The zero-order valence-corrected chi connectivity index (χ0v) is 13.0. The second-order valence-electron chi connectivity index (χ2n) is 4.78. The van der Waals surface area contributed by atoms with Crippen LogP contribution in [0.4, 0.5) is 0 Å². The van der Waals surface area contributed by atoms with E-state index in [0.717, 1.165) is 17.5 Å². The molecule has 0 spiro atoms. The van der Waals surface area contributed by atoms with Gasteiger partial charge in [0.25, 0.3) is 0 Å². The quantitative estimate of drug-likeness (QED) is 0.870. The number of rotatable bonds is 6. The van der Waals surface area contributed by atoms with Crippen molar-refractivity contribution in [3.63, 3.8) is 0 Å². The fourth-order valence-corrected chi connectivity index (χ4v) is 3.68. The zero-order valence-electron chi connectivity index (χ0n) is 12.2. The Hall–Kier alpha value is -0.910. The fourth-order valence-electron chi connectivity index (χ4n) is 1.91. The average molecular weight is 284 g/mol. The second kappa shape index (κ2) is 6.50. The molecule has 0 aliphatic rings. The highest BCUT2D eigenvalue weighted by Gasteiger charge is 2.26. The summed E-state index contributed by atoms with van der Waals surface area (Å²) >= 11 is 0. The largest absolute Gasteiger partial charge is 0.326 e. The van der Waals surface area contributed by atoms with Gasteiger partial charge in [0.15, 0.2) is 0 Å². The highest BCUT2D eigenvalue weighted by atomic mass is 32.2. The summed E-state index contributed by atoms with van der Waals surface area (Å²) < 4.78 is 26.8. The molecule has 0 aliphatic carbocycles. The predicted molar refractivity (Wildman–Crippen MR) is 78.4 cm³/mol. The third kappa shape index (κ3) is 3.35. The van der Waals surface area contributed by atoms with E-state index in [1.807, 2.05) is 32.9 Å². The van der Waals surface area contributed by atoms with Crippen molar-refractivity contribution in [3.8, 4) is 0 Å². The molecule has 0 amide bonds. The van der Waals surface area contributed by atoms with E-state index in [9.17, 15) is 8.42 Å². The van der Waals surface area contributed by atoms with Crippen LogP contribution in [-0.4, -0.2) is 25.8 Å². The van der Waals surface area contributed by atoms with Gasteiger partial charge >= 0.3 is 0 Å². The van der Waals surface area contributed by atoms with E-state index >= 15 is 0 Å². The Morgan fingerprint density at radius 1 is 1.32 bits per heavy atom. The van der Waals surface area contributed by atoms with Crippen LogP contribution in [0.15, 0.2) is 23.1 Å². The van der Waals surface area contributed by atoms with Gasteiger partial charge in [-0.05, 0) is 37.0 Å². The maximum absolute atomic E-state index is 12.7. The molecule has 108 valence electrons. The van der Waals surface area contributed by atoms with E-state index in [1.54, 1.807) is 13.1 Å². The van der Waals surface area contributed by atoms with E-state index < -0.39 is 10.0 Å². The van der Waals surface area contributed by atoms with Gasteiger partial charge in [0.1, 0.15) is 0 Å². The van der Waals surface area contributed by atoms with Crippen LogP contribution in [-0.2, 0) is 23.0 Å². The van der Waals surface area contributed by atoms with E-state index in [2.05, 4.69) is 0 Å². The molecule has 4 nitrogen and oxygen atoms in total. The number of nitrogens with zero attached hydrogens (tertiary/aromatic N) is 1. The van der Waals surface area contributed by atoms with Crippen LogP contribution in [0.2, 0.25) is 0 Å². The predicted octanol–water partition coefficient (Wildman–Crippen LogP) is 2.13. The van der Waals surface area contributed by atoms with Crippen LogP contribution in [0.1, 0.15) is 38.3 Å². The van der Waals surface area contributed by atoms with Gasteiger partial charge in [-0.25, -0.2) is 8.42 Å². The summed E-state index contributed by atoms with van der Waals surface area (Å²) in [6.07, 6.45) is 1.47. The molecule has 0 aromatic heterocycles. The van der Waals surface area contributed by atoms with Crippen molar-refractivity contribution in [2.45, 2.75) is 51.1 Å². The first kappa shape index (κ1) is 16.1. The minimum absolute atomic E-state index is 0.0174. The number of sulfonamides is 1. The van der Waals surface area contributed by atoms with Crippen molar-refractivity contribution >= 4 is 10.0 Å². The molecule has 0 heterocycles. The molecule has 19 heavy (non-hydrogen) atoms. The lowest BCUT2D eigenvalue weighted by atomic mass is 10.1. The summed E-state index contributed by atoms with van der Waals surface area (Å²) in [6, 6.07) is 5.43. The average Bonchev–Trinajstić information content (AvgIpc) is 2.44. The molecule has 0 bridgehead atoms. The zero-order chi connectivity index (χ0) is 14.6. The molecule has 0 fully saturated rings. The first-order valence-corrected chi connectivity index (χ1v) is 8.12. The number of nitrogens with two attached hydrogens (primary N) is 1. The normalized spacial score (nSPS) is 13.8. The van der Waals surface area contributed by atoms with Crippen LogP contribution >= 0.6 is 0 Å². The molecule has 5 heteroatoms. The molecule has 1 aromatic carbocycles. The van der Waals surface area contributed by atoms with Gasteiger partial charge in [0.05, 0.1) is 4.90 Å². The van der Waals surface area contributed by atoms with E-state index in [-0.39, 0.29) is 6.04 Å².